The molecule has 1 heterocycles. The summed E-state index contributed by atoms with van der Waals surface area (Å²) in [7, 11) is 0. The van der Waals surface area contributed by atoms with Crippen LogP contribution in [0.15, 0.2) is 36.4 Å². The topological polar surface area (TPSA) is 68.8 Å². The van der Waals surface area contributed by atoms with E-state index in [1.54, 1.807) is 6.92 Å². The Morgan fingerprint density at radius 3 is 2.08 bits per heavy atom. The van der Waals surface area contributed by atoms with E-state index in [1.807, 2.05) is 13.8 Å². The SMILES string of the molecule is CC.CC(C)(C)C(F)(F)F.Cc1cc(F)cc(N(CC(F)F)c2nc(=N)n(C=N)c3cccc(F)c23)c1. The van der Waals surface area contributed by atoms with Crippen LogP contribution in [0.1, 0.15) is 40.2 Å². The number of aryl methyl sites for hydroxylation is 1. The summed E-state index contributed by atoms with van der Waals surface area (Å²) in [5, 5.41) is 15.3. The van der Waals surface area contributed by atoms with Crippen molar-refractivity contribution in [1.82, 2.24) is 9.55 Å². The fourth-order valence-electron chi connectivity index (χ4n) is 2.91. The van der Waals surface area contributed by atoms with Crippen LogP contribution in [0, 0.1) is 34.8 Å². The second-order valence-corrected chi connectivity index (χ2v) is 8.63. The van der Waals surface area contributed by atoms with Gasteiger partial charge in [-0.2, -0.15) is 18.2 Å². The number of benzene rings is 2. The third kappa shape index (κ3) is 8.02. The molecule has 2 aromatic carbocycles. The Kier molecular flexibility index (Phi) is 10.8. The van der Waals surface area contributed by atoms with Gasteiger partial charge >= 0.3 is 6.18 Å². The van der Waals surface area contributed by atoms with Crippen molar-refractivity contribution in [2.24, 2.45) is 5.41 Å². The molecular formula is C25H30F7N5. The van der Waals surface area contributed by atoms with Crippen LogP contribution < -0.4 is 10.5 Å². The van der Waals surface area contributed by atoms with Gasteiger partial charge in [0.1, 0.15) is 17.5 Å². The second kappa shape index (κ2) is 12.7. The van der Waals surface area contributed by atoms with E-state index in [-0.39, 0.29) is 22.4 Å². The van der Waals surface area contributed by atoms with Crippen molar-refractivity contribution in [3.05, 3.63) is 59.2 Å². The van der Waals surface area contributed by atoms with Crippen LogP contribution in [0.2, 0.25) is 0 Å². The molecule has 0 aliphatic heterocycles. The average molecular weight is 534 g/mol. The first-order chi connectivity index (χ1) is 17.1. The quantitative estimate of drug-likeness (QED) is 0.202. The number of hydrogen-bond donors (Lipinski definition) is 2. The summed E-state index contributed by atoms with van der Waals surface area (Å²) < 4.78 is 90.7. The number of fused-ring (bicyclic) bond motifs is 1. The van der Waals surface area contributed by atoms with Gasteiger partial charge in [-0.05, 0) is 42.8 Å². The van der Waals surface area contributed by atoms with Gasteiger partial charge in [-0.3, -0.25) is 15.4 Å². The summed E-state index contributed by atoms with van der Waals surface area (Å²) in [5.74, 6) is -1.62. The Labute approximate surface area is 210 Å². The number of nitrogens with one attached hydrogen (secondary N) is 2. The van der Waals surface area contributed by atoms with E-state index in [2.05, 4.69) is 4.98 Å². The highest BCUT2D eigenvalue weighted by Crippen LogP contribution is 2.36. The normalized spacial score (nSPS) is 11.4. The molecule has 2 N–H and O–H groups in total. The van der Waals surface area contributed by atoms with Crippen LogP contribution in [0.4, 0.5) is 42.2 Å². The summed E-state index contributed by atoms with van der Waals surface area (Å²) in [6, 6.07) is 7.71. The smallest absolute Gasteiger partial charge is 0.320 e. The molecule has 0 saturated heterocycles. The van der Waals surface area contributed by atoms with Gasteiger partial charge in [0.2, 0.25) is 5.62 Å². The van der Waals surface area contributed by atoms with Crippen LogP contribution >= 0.6 is 0 Å². The predicted octanol–water partition coefficient (Wildman–Crippen LogP) is 7.58. The molecule has 0 unspecified atom stereocenters. The minimum Gasteiger partial charge on any atom is -0.320 e. The monoisotopic (exact) mass is 533 g/mol. The number of nitrogens with zero attached hydrogens (tertiary/aromatic N) is 3. The van der Waals surface area contributed by atoms with E-state index < -0.39 is 41.8 Å². The number of anilines is 2. The zero-order valence-corrected chi connectivity index (χ0v) is 21.3. The number of halogens is 7. The third-order valence-electron chi connectivity index (χ3n) is 4.81. The fraction of sp³-hybridized carbons (Fsp3) is 0.400. The summed E-state index contributed by atoms with van der Waals surface area (Å²) in [6.07, 6.45) is -6.10. The lowest BCUT2D eigenvalue weighted by Gasteiger charge is -2.26. The van der Waals surface area contributed by atoms with Crippen molar-refractivity contribution < 1.29 is 30.7 Å². The molecular weight excluding hydrogens is 503 g/mol. The molecule has 3 rings (SSSR count). The van der Waals surface area contributed by atoms with Gasteiger partial charge in [0.05, 0.1) is 29.2 Å². The lowest BCUT2D eigenvalue weighted by Crippen LogP contribution is -2.31. The summed E-state index contributed by atoms with van der Waals surface area (Å²) >= 11 is 0. The molecule has 0 atom stereocenters. The predicted molar refractivity (Wildman–Crippen MR) is 131 cm³/mol. The second-order valence-electron chi connectivity index (χ2n) is 8.63. The molecule has 0 amide bonds. The van der Waals surface area contributed by atoms with Gasteiger partial charge in [0.25, 0.3) is 6.43 Å². The molecule has 0 aliphatic carbocycles. The first-order valence-corrected chi connectivity index (χ1v) is 11.2. The molecule has 0 radical (unpaired) electrons. The highest BCUT2D eigenvalue weighted by molar-refractivity contribution is 5.94. The number of aromatic nitrogens is 2. The molecule has 1 aromatic heterocycles. The zero-order valence-electron chi connectivity index (χ0n) is 21.3. The summed E-state index contributed by atoms with van der Waals surface area (Å²) in [5.41, 5.74) is -1.33. The first-order valence-electron chi connectivity index (χ1n) is 11.2. The van der Waals surface area contributed by atoms with Gasteiger partial charge in [-0.15, -0.1) is 0 Å². The van der Waals surface area contributed by atoms with Gasteiger partial charge in [-0.25, -0.2) is 17.6 Å². The molecule has 204 valence electrons. The molecule has 3 aromatic rings. The maximum absolute atomic E-state index is 14.6. The summed E-state index contributed by atoms with van der Waals surface area (Å²) in [4.78, 5) is 4.92. The first kappa shape index (κ1) is 31.6. The Morgan fingerprint density at radius 2 is 1.62 bits per heavy atom. The average Bonchev–Trinajstić information content (AvgIpc) is 2.77. The molecule has 0 aliphatic rings. The molecule has 5 nitrogen and oxygen atoms in total. The fourth-order valence-corrected chi connectivity index (χ4v) is 2.91. The molecule has 0 fully saturated rings. The maximum atomic E-state index is 14.6. The van der Waals surface area contributed by atoms with E-state index >= 15 is 0 Å². The van der Waals surface area contributed by atoms with Crippen molar-refractivity contribution in [2.45, 2.75) is 54.1 Å². The minimum atomic E-state index is -4.06. The van der Waals surface area contributed by atoms with Crippen molar-refractivity contribution in [3.8, 4) is 0 Å². The van der Waals surface area contributed by atoms with Crippen LogP contribution in [-0.2, 0) is 0 Å². The Bertz CT molecular complexity index is 1230. The molecule has 0 spiro atoms. The van der Waals surface area contributed by atoms with E-state index in [0.29, 0.717) is 5.56 Å². The lowest BCUT2D eigenvalue weighted by atomic mass is 9.96. The molecule has 12 heteroatoms. The van der Waals surface area contributed by atoms with Crippen LogP contribution in [0.3, 0.4) is 0 Å². The van der Waals surface area contributed by atoms with Crippen molar-refractivity contribution in [2.75, 3.05) is 11.4 Å². The van der Waals surface area contributed by atoms with Crippen molar-refractivity contribution in [1.29, 1.82) is 10.8 Å². The Hall–Kier alpha value is -3.44. The largest absolute Gasteiger partial charge is 0.393 e. The number of alkyl halides is 5. The van der Waals surface area contributed by atoms with Crippen LogP contribution in [-0.4, -0.2) is 35.0 Å². The van der Waals surface area contributed by atoms with Crippen LogP contribution in [0.25, 0.3) is 10.9 Å². The number of rotatable bonds is 5. The highest BCUT2D eigenvalue weighted by Gasteiger charge is 2.42. The standard InChI is InChI=1S/C18H15F4N5.C5H9F3.C2H6/c1-10-5-11(19)7-12(6-10)26(8-15(21)22)17-16-13(20)3-2-4-14(16)27(9-23)18(24)25-17;1-4(2,3)5(6,7)8;1-2/h2-7,9,15,23-24H,8H2,1H3;1-3H3;1-2H3. The molecule has 0 saturated carbocycles. The summed E-state index contributed by atoms with van der Waals surface area (Å²) in [6.45, 7) is 8.17. The van der Waals surface area contributed by atoms with Gasteiger partial charge < -0.3 is 4.90 Å². The van der Waals surface area contributed by atoms with Crippen LogP contribution in [0.5, 0.6) is 0 Å². The third-order valence-corrected chi connectivity index (χ3v) is 4.81. The van der Waals surface area contributed by atoms with E-state index in [9.17, 15) is 30.7 Å². The van der Waals surface area contributed by atoms with E-state index in [4.69, 9.17) is 10.8 Å². The maximum Gasteiger partial charge on any atom is 0.393 e. The van der Waals surface area contributed by atoms with Gasteiger partial charge in [-0.1, -0.05) is 40.7 Å². The van der Waals surface area contributed by atoms with E-state index in [1.165, 1.54) is 24.3 Å². The van der Waals surface area contributed by atoms with E-state index in [0.717, 1.165) is 48.7 Å². The Morgan fingerprint density at radius 1 is 1.05 bits per heavy atom. The zero-order chi connectivity index (χ0) is 28.7. The van der Waals surface area contributed by atoms with Crippen molar-refractivity contribution >= 4 is 28.7 Å². The minimum absolute atomic E-state index is 0.0665. The highest BCUT2D eigenvalue weighted by atomic mass is 19.4. The van der Waals surface area contributed by atoms with Gasteiger partial charge in [0.15, 0.2) is 0 Å². The molecule has 0 bridgehead atoms. The van der Waals surface area contributed by atoms with Gasteiger partial charge in [0, 0.05) is 5.69 Å². The lowest BCUT2D eigenvalue weighted by molar-refractivity contribution is -0.204. The Balaban J connectivity index is 0.000000586. The van der Waals surface area contributed by atoms with Crippen molar-refractivity contribution in [3.63, 3.8) is 0 Å². The molecule has 37 heavy (non-hydrogen) atoms. The number of hydrogen-bond acceptors (Lipinski definition) is 4.